The van der Waals surface area contributed by atoms with Crippen molar-refractivity contribution in [2.45, 2.75) is 58.3 Å². The molecule has 1 aliphatic heterocycles. The number of hydrogen-bond donors (Lipinski definition) is 2. The Balaban J connectivity index is 2.17. The first-order valence-corrected chi connectivity index (χ1v) is 10.5. The molecule has 1 amide bonds. The summed E-state index contributed by atoms with van der Waals surface area (Å²) in [6, 6.07) is 0.766. The number of rotatable bonds is 4. The molecule has 0 aromatic carbocycles. The molecule has 168 valence electrons. The number of halogens is 3. The second kappa shape index (κ2) is 8.10. The highest BCUT2D eigenvalue weighted by Gasteiger charge is 2.38. The number of pyridine rings is 1. The van der Waals surface area contributed by atoms with Gasteiger partial charge in [-0.15, -0.1) is 11.3 Å². The lowest BCUT2D eigenvalue weighted by atomic mass is 10.1. The van der Waals surface area contributed by atoms with Gasteiger partial charge in [-0.25, -0.2) is 14.8 Å². The Kier molecular flexibility index (Phi) is 6.01. The van der Waals surface area contributed by atoms with E-state index in [1.807, 2.05) is 6.92 Å². The van der Waals surface area contributed by atoms with Crippen LogP contribution in [0.15, 0.2) is 12.3 Å². The Bertz CT molecular complexity index is 1010. The van der Waals surface area contributed by atoms with Crippen LogP contribution in [-0.2, 0) is 6.18 Å². The molecular weight excluding hydrogens is 433 g/mol. The van der Waals surface area contributed by atoms with Crippen LogP contribution in [0.1, 0.15) is 66.4 Å². The number of nitrogens with zero attached hydrogens (tertiary/aromatic N) is 3. The van der Waals surface area contributed by atoms with Gasteiger partial charge in [0, 0.05) is 29.9 Å². The second-order valence-electron chi connectivity index (χ2n) is 8.48. The highest BCUT2D eigenvalue weighted by Crippen LogP contribution is 2.42. The number of hydrogen-bond acceptors (Lipinski definition) is 6. The first kappa shape index (κ1) is 23.0. The number of carbonyl (C=O) groups is 2. The lowest BCUT2D eigenvalue weighted by Gasteiger charge is -2.23. The van der Waals surface area contributed by atoms with Crippen LogP contribution >= 0.6 is 11.3 Å². The minimum atomic E-state index is -4.75. The van der Waals surface area contributed by atoms with Crippen LogP contribution < -0.4 is 5.32 Å². The van der Waals surface area contributed by atoms with Crippen LogP contribution in [-0.4, -0.2) is 50.0 Å². The van der Waals surface area contributed by atoms with Crippen LogP contribution in [0.5, 0.6) is 0 Å². The summed E-state index contributed by atoms with van der Waals surface area (Å²) in [5.41, 5.74) is -2.20. The number of carboxylic acid groups (broad SMARTS) is 1. The quantitative estimate of drug-likeness (QED) is 0.689. The average molecular weight is 456 g/mol. The normalized spacial score (nSPS) is 17.1. The standard InChI is InChI=1S/C20H23F3N4O3S/c1-10-6-5-7-27(10)17(28)14-15(31-16(25-14)18(29)30)11-9-24-13(26-19(2,3)4)8-12(11)20(21,22)23/h8-10H,5-7H2,1-4H3,(H,24,26)(H,29,30). The zero-order valence-corrected chi connectivity index (χ0v) is 18.3. The maximum absolute atomic E-state index is 13.9. The molecule has 0 bridgehead atoms. The van der Waals surface area contributed by atoms with Gasteiger partial charge < -0.3 is 15.3 Å². The van der Waals surface area contributed by atoms with Gasteiger partial charge in [-0.05, 0) is 46.6 Å². The van der Waals surface area contributed by atoms with E-state index in [9.17, 15) is 27.9 Å². The highest BCUT2D eigenvalue weighted by atomic mass is 32.1. The van der Waals surface area contributed by atoms with E-state index in [4.69, 9.17) is 0 Å². The molecular formula is C20H23F3N4O3S. The fraction of sp³-hybridized carbons (Fsp3) is 0.500. The van der Waals surface area contributed by atoms with Gasteiger partial charge in [0.15, 0.2) is 0 Å². The Morgan fingerprint density at radius 3 is 2.48 bits per heavy atom. The Hall–Kier alpha value is -2.69. The van der Waals surface area contributed by atoms with Crippen LogP contribution in [0.4, 0.5) is 19.0 Å². The van der Waals surface area contributed by atoms with E-state index in [1.54, 1.807) is 20.8 Å². The number of amides is 1. The van der Waals surface area contributed by atoms with Crippen molar-refractivity contribution in [3.05, 3.63) is 28.5 Å². The van der Waals surface area contributed by atoms with Gasteiger partial charge >= 0.3 is 12.1 Å². The summed E-state index contributed by atoms with van der Waals surface area (Å²) in [5.74, 6) is -1.96. The molecule has 1 unspecified atom stereocenters. The number of alkyl halides is 3. The van der Waals surface area contributed by atoms with Crippen LogP contribution in [0.2, 0.25) is 0 Å². The van der Waals surface area contributed by atoms with Crippen molar-refractivity contribution in [1.82, 2.24) is 14.9 Å². The summed E-state index contributed by atoms with van der Waals surface area (Å²) in [6.07, 6.45) is -2.21. The van der Waals surface area contributed by atoms with Gasteiger partial charge in [0.2, 0.25) is 5.01 Å². The van der Waals surface area contributed by atoms with Crippen LogP contribution in [0.3, 0.4) is 0 Å². The van der Waals surface area contributed by atoms with E-state index in [0.717, 1.165) is 25.1 Å². The summed E-state index contributed by atoms with van der Waals surface area (Å²) in [4.78, 5) is 33.9. The maximum atomic E-state index is 13.9. The summed E-state index contributed by atoms with van der Waals surface area (Å²) < 4.78 is 41.8. The molecule has 0 saturated carbocycles. The van der Waals surface area contributed by atoms with Crippen molar-refractivity contribution in [3.8, 4) is 10.4 Å². The van der Waals surface area contributed by atoms with Crippen LogP contribution in [0, 0.1) is 0 Å². The van der Waals surface area contributed by atoms with Crippen molar-refractivity contribution in [2.24, 2.45) is 0 Å². The number of nitrogens with one attached hydrogen (secondary N) is 1. The van der Waals surface area contributed by atoms with Crippen molar-refractivity contribution in [2.75, 3.05) is 11.9 Å². The fourth-order valence-electron chi connectivity index (χ4n) is 3.43. The summed E-state index contributed by atoms with van der Waals surface area (Å²) in [5, 5.41) is 11.8. The molecule has 0 spiro atoms. The van der Waals surface area contributed by atoms with Gasteiger partial charge in [0.25, 0.3) is 5.91 Å². The third kappa shape index (κ3) is 4.97. The molecule has 7 nitrogen and oxygen atoms in total. The van der Waals surface area contributed by atoms with E-state index in [-0.39, 0.29) is 28.0 Å². The van der Waals surface area contributed by atoms with E-state index >= 15 is 0 Å². The van der Waals surface area contributed by atoms with Crippen molar-refractivity contribution in [3.63, 3.8) is 0 Å². The first-order valence-electron chi connectivity index (χ1n) is 9.69. The molecule has 0 aliphatic carbocycles. The van der Waals surface area contributed by atoms with E-state index in [2.05, 4.69) is 15.3 Å². The Morgan fingerprint density at radius 1 is 1.29 bits per heavy atom. The average Bonchev–Trinajstić information content (AvgIpc) is 3.25. The molecule has 1 aliphatic rings. The molecule has 31 heavy (non-hydrogen) atoms. The number of carbonyl (C=O) groups excluding carboxylic acids is 1. The number of thiazole rings is 1. The van der Waals surface area contributed by atoms with Gasteiger partial charge in [-0.3, -0.25) is 4.79 Å². The highest BCUT2D eigenvalue weighted by molar-refractivity contribution is 7.17. The molecule has 1 atom stereocenters. The lowest BCUT2D eigenvalue weighted by molar-refractivity contribution is -0.137. The molecule has 1 saturated heterocycles. The van der Waals surface area contributed by atoms with E-state index in [1.165, 1.54) is 4.90 Å². The molecule has 11 heteroatoms. The number of carboxylic acids is 1. The van der Waals surface area contributed by atoms with E-state index in [0.29, 0.717) is 17.9 Å². The monoisotopic (exact) mass is 456 g/mol. The van der Waals surface area contributed by atoms with Crippen molar-refractivity contribution < 1.29 is 27.9 Å². The summed E-state index contributed by atoms with van der Waals surface area (Å²) >= 11 is 0.540. The largest absolute Gasteiger partial charge is 0.476 e. The fourth-order valence-corrected chi connectivity index (χ4v) is 4.35. The van der Waals surface area contributed by atoms with Crippen LogP contribution in [0.25, 0.3) is 10.4 Å². The summed E-state index contributed by atoms with van der Waals surface area (Å²) in [6.45, 7) is 7.63. The zero-order valence-electron chi connectivity index (χ0n) is 17.5. The zero-order chi connectivity index (χ0) is 23.1. The number of aromatic carboxylic acids is 1. The molecule has 3 heterocycles. The molecule has 2 aromatic rings. The summed E-state index contributed by atoms with van der Waals surface area (Å²) in [7, 11) is 0. The third-order valence-electron chi connectivity index (χ3n) is 4.78. The molecule has 3 rings (SSSR count). The molecule has 2 N–H and O–H groups in total. The first-order chi connectivity index (χ1) is 14.3. The van der Waals surface area contributed by atoms with Gasteiger partial charge in [0.05, 0.1) is 10.4 Å². The SMILES string of the molecule is CC1CCCN1C(=O)c1nc(C(=O)O)sc1-c1cnc(NC(C)(C)C)cc1C(F)(F)F. The van der Waals surface area contributed by atoms with Crippen molar-refractivity contribution >= 4 is 29.0 Å². The third-order valence-corrected chi connectivity index (χ3v) is 5.86. The molecule has 0 radical (unpaired) electrons. The minimum Gasteiger partial charge on any atom is -0.476 e. The van der Waals surface area contributed by atoms with Gasteiger partial charge in [-0.1, -0.05) is 0 Å². The van der Waals surface area contributed by atoms with E-state index < -0.39 is 34.2 Å². The number of likely N-dealkylation sites (tertiary alicyclic amines) is 1. The lowest BCUT2D eigenvalue weighted by Crippen LogP contribution is -2.34. The van der Waals surface area contributed by atoms with Crippen molar-refractivity contribution in [1.29, 1.82) is 0 Å². The maximum Gasteiger partial charge on any atom is 0.417 e. The number of anilines is 1. The topological polar surface area (TPSA) is 95.4 Å². The van der Waals surface area contributed by atoms with Gasteiger partial charge in [0.1, 0.15) is 11.5 Å². The Labute approximate surface area is 181 Å². The predicted octanol–water partition coefficient (Wildman–Crippen LogP) is 4.76. The van der Waals surface area contributed by atoms with Gasteiger partial charge in [-0.2, -0.15) is 13.2 Å². The molecule has 1 fully saturated rings. The Morgan fingerprint density at radius 2 is 1.97 bits per heavy atom. The molecule has 2 aromatic heterocycles. The second-order valence-corrected chi connectivity index (χ2v) is 9.48. The number of aromatic nitrogens is 2. The minimum absolute atomic E-state index is 0.0209. The smallest absolute Gasteiger partial charge is 0.417 e. The predicted molar refractivity (Wildman–Crippen MR) is 110 cm³/mol.